The van der Waals surface area contributed by atoms with Gasteiger partial charge >= 0.3 is 0 Å². The Morgan fingerprint density at radius 2 is 1.96 bits per heavy atom. The number of hydrogen-bond acceptors (Lipinski definition) is 3. The van der Waals surface area contributed by atoms with Crippen molar-refractivity contribution < 1.29 is 9.53 Å². The second-order valence-corrected chi connectivity index (χ2v) is 7.25. The summed E-state index contributed by atoms with van der Waals surface area (Å²) in [5.74, 6) is 1.72. The van der Waals surface area contributed by atoms with Crippen LogP contribution >= 0.6 is 15.9 Å². The fourth-order valence-electron chi connectivity index (χ4n) is 2.93. The van der Waals surface area contributed by atoms with Crippen LogP contribution < -0.4 is 10.5 Å². The van der Waals surface area contributed by atoms with Gasteiger partial charge in [-0.05, 0) is 62.8 Å². The van der Waals surface area contributed by atoms with E-state index in [1.807, 2.05) is 29.2 Å². The molecule has 1 fully saturated rings. The van der Waals surface area contributed by atoms with E-state index in [1.54, 1.807) is 0 Å². The van der Waals surface area contributed by atoms with Crippen LogP contribution in [0, 0.1) is 5.92 Å². The van der Waals surface area contributed by atoms with Gasteiger partial charge in [0.2, 0.25) is 5.91 Å². The smallest absolute Gasteiger partial charge is 0.222 e. The first-order valence-corrected chi connectivity index (χ1v) is 9.27. The zero-order chi connectivity index (χ0) is 16.7. The van der Waals surface area contributed by atoms with Crippen molar-refractivity contribution in [2.45, 2.75) is 45.1 Å². The minimum atomic E-state index is 0.239. The monoisotopic (exact) mass is 382 g/mol. The van der Waals surface area contributed by atoms with Gasteiger partial charge in [0, 0.05) is 30.0 Å². The molecule has 1 heterocycles. The summed E-state index contributed by atoms with van der Waals surface area (Å²) in [6.45, 7) is 4.44. The summed E-state index contributed by atoms with van der Waals surface area (Å²) in [5, 5.41) is 0. The summed E-state index contributed by atoms with van der Waals surface area (Å²) < 4.78 is 6.71. The number of nitrogens with zero attached hydrogens (tertiary/aromatic N) is 1. The highest BCUT2D eigenvalue weighted by Crippen LogP contribution is 2.20. The Morgan fingerprint density at radius 1 is 1.30 bits per heavy atom. The molecule has 0 radical (unpaired) electrons. The SMILES string of the molecule is CC(N)C1CCN(C(=O)CCCCOc2ccc(Br)cc2)CC1. The lowest BCUT2D eigenvalue weighted by molar-refractivity contribution is -0.132. The molecule has 128 valence electrons. The van der Waals surface area contributed by atoms with E-state index in [-0.39, 0.29) is 11.9 Å². The lowest BCUT2D eigenvalue weighted by Gasteiger charge is -2.33. The Kier molecular flexibility index (Phi) is 7.37. The van der Waals surface area contributed by atoms with Crippen LogP contribution in [0.25, 0.3) is 0 Å². The number of halogens is 1. The molecule has 1 aromatic rings. The molecule has 1 atom stereocenters. The lowest BCUT2D eigenvalue weighted by Crippen LogP contribution is -2.42. The van der Waals surface area contributed by atoms with Gasteiger partial charge in [-0.1, -0.05) is 15.9 Å². The van der Waals surface area contributed by atoms with E-state index in [2.05, 4.69) is 22.9 Å². The summed E-state index contributed by atoms with van der Waals surface area (Å²) in [7, 11) is 0. The maximum Gasteiger partial charge on any atom is 0.222 e. The van der Waals surface area contributed by atoms with Crippen molar-refractivity contribution in [1.82, 2.24) is 4.90 Å². The molecule has 1 unspecified atom stereocenters. The second-order valence-electron chi connectivity index (χ2n) is 6.34. The Hall–Kier alpha value is -1.07. The standard InChI is InChI=1S/C18H27BrN2O2/c1-14(20)15-9-11-21(12-10-15)18(22)4-2-3-13-23-17-7-5-16(19)6-8-17/h5-8,14-15H,2-4,9-13,20H2,1H3. The Morgan fingerprint density at radius 3 is 2.57 bits per heavy atom. The number of nitrogens with two attached hydrogens (primary N) is 1. The Bertz CT molecular complexity index is 482. The molecule has 0 saturated carbocycles. The number of carbonyl (C=O) groups is 1. The minimum absolute atomic E-state index is 0.239. The average molecular weight is 383 g/mol. The number of hydrogen-bond donors (Lipinski definition) is 1. The van der Waals surface area contributed by atoms with Gasteiger partial charge in [-0.15, -0.1) is 0 Å². The third kappa shape index (κ3) is 6.15. The molecule has 1 aliphatic rings. The van der Waals surface area contributed by atoms with E-state index in [0.29, 0.717) is 18.9 Å². The molecule has 5 heteroatoms. The first kappa shape index (κ1) is 18.3. The van der Waals surface area contributed by atoms with Crippen LogP contribution in [0.5, 0.6) is 5.75 Å². The van der Waals surface area contributed by atoms with Crippen molar-refractivity contribution in [2.24, 2.45) is 11.7 Å². The van der Waals surface area contributed by atoms with Gasteiger partial charge in [-0.25, -0.2) is 0 Å². The number of amides is 1. The molecule has 0 aromatic heterocycles. The first-order valence-electron chi connectivity index (χ1n) is 8.48. The van der Waals surface area contributed by atoms with Crippen LogP contribution in [0.15, 0.2) is 28.7 Å². The summed E-state index contributed by atoms with van der Waals surface area (Å²) in [6.07, 6.45) is 4.47. The molecule has 23 heavy (non-hydrogen) atoms. The predicted octanol–water partition coefficient (Wildman–Crippen LogP) is 3.58. The molecule has 0 bridgehead atoms. The van der Waals surface area contributed by atoms with Crippen molar-refractivity contribution in [2.75, 3.05) is 19.7 Å². The van der Waals surface area contributed by atoms with Crippen molar-refractivity contribution in [3.8, 4) is 5.75 Å². The lowest BCUT2D eigenvalue weighted by atomic mass is 9.91. The maximum absolute atomic E-state index is 12.2. The Balaban J connectivity index is 1.57. The molecule has 4 nitrogen and oxygen atoms in total. The van der Waals surface area contributed by atoms with Crippen LogP contribution in [-0.2, 0) is 4.79 Å². The topological polar surface area (TPSA) is 55.6 Å². The molecule has 2 rings (SSSR count). The molecule has 1 amide bonds. The highest BCUT2D eigenvalue weighted by atomic mass is 79.9. The molecule has 2 N–H and O–H groups in total. The predicted molar refractivity (Wildman–Crippen MR) is 96.4 cm³/mol. The van der Waals surface area contributed by atoms with E-state index in [0.717, 1.165) is 49.0 Å². The number of piperidine rings is 1. The minimum Gasteiger partial charge on any atom is -0.494 e. The molecule has 1 aliphatic heterocycles. The summed E-state index contributed by atoms with van der Waals surface area (Å²) in [5.41, 5.74) is 5.94. The third-order valence-corrected chi connectivity index (χ3v) is 5.03. The number of carbonyl (C=O) groups excluding carboxylic acids is 1. The quantitative estimate of drug-likeness (QED) is 0.733. The van der Waals surface area contributed by atoms with E-state index in [1.165, 1.54) is 0 Å². The van der Waals surface area contributed by atoms with Gasteiger partial charge in [0.1, 0.15) is 5.75 Å². The number of rotatable bonds is 7. The number of benzene rings is 1. The average Bonchev–Trinajstić information content (AvgIpc) is 2.56. The number of ether oxygens (including phenoxy) is 1. The van der Waals surface area contributed by atoms with Gasteiger partial charge in [0.05, 0.1) is 6.61 Å². The number of unbranched alkanes of at least 4 members (excludes halogenated alkanes) is 1. The zero-order valence-corrected chi connectivity index (χ0v) is 15.4. The van der Waals surface area contributed by atoms with Gasteiger partial charge in [-0.3, -0.25) is 4.79 Å². The largest absolute Gasteiger partial charge is 0.494 e. The highest BCUT2D eigenvalue weighted by Gasteiger charge is 2.24. The fourth-order valence-corrected chi connectivity index (χ4v) is 3.20. The molecule has 0 aliphatic carbocycles. The second kappa shape index (κ2) is 9.28. The van der Waals surface area contributed by atoms with Crippen LogP contribution in [0.1, 0.15) is 39.0 Å². The Labute approximate surface area is 147 Å². The van der Waals surface area contributed by atoms with Gasteiger partial charge < -0.3 is 15.4 Å². The molecular formula is C18H27BrN2O2. The van der Waals surface area contributed by atoms with Crippen molar-refractivity contribution in [3.63, 3.8) is 0 Å². The summed E-state index contributed by atoms with van der Waals surface area (Å²) in [6, 6.07) is 8.05. The van der Waals surface area contributed by atoms with E-state index in [9.17, 15) is 4.79 Å². The fraction of sp³-hybridized carbons (Fsp3) is 0.611. The van der Waals surface area contributed by atoms with E-state index in [4.69, 9.17) is 10.5 Å². The first-order chi connectivity index (χ1) is 11.1. The van der Waals surface area contributed by atoms with Gasteiger partial charge in [-0.2, -0.15) is 0 Å². The van der Waals surface area contributed by atoms with Gasteiger partial charge in [0.25, 0.3) is 0 Å². The molecule has 1 saturated heterocycles. The van der Waals surface area contributed by atoms with Gasteiger partial charge in [0.15, 0.2) is 0 Å². The normalized spacial score (nSPS) is 17.1. The van der Waals surface area contributed by atoms with Crippen LogP contribution in [-0.4, -0.2) is 36.5 Å². The van der Waals surface area contributed by atoms with Crippen molar-refractivity contribution in [3.05, 3.63) is 28.7 Å². The van der Waals surface area contributed by atoms with Crippen LogP contribution in [0.2, 0.25) is 0 Å². The van der Waals surface area contributed by atoms with Crippen molar-refractivity contribution >= 4 is 21.8 Å². The van der Waals surface area contributed by atoms with Crippen molar-refractivity contribution in [1.29, 1.82) is 0 Å². The van der Waals surface area contributed by atoms with Crippen LogP contribution in [0.4, 0.5) is 0 Å². The van der Waals surface area contributed by atoms with E-state index >= 15 is 0 Å². The van der Waals surface area contributed by atoms with E-state index < -0.39 is 0 Å². The molecular weight excluding hydrogens is 356 g/mol. The summed E-state index contributed by atoms with van der Waals surface area (Å²) in [4.78, 5) is 14.2. The summed E-state index contributed by atoms with van der Waals surface area (Å²) >= 11 is 3.40. The zero-order valence-electron chi connectivity index (χ0n) is 13.8. The van der Waals surface area contributed by atoms with Crippen LogP contribution in [0.3, 0.4) is 0 Å². The molecule has 0 spiro atoms. The highest BCUT2D eigenvalue weighted by molar-refractivity contribution is 9.10. The molecule has 1 aromatic carbocycles. The number of likely N-dealkylation sites (tertiary alicyclic amines) is 1. The third-order valence-electron chi connectivity index (χ3n) is 4.50. The maximum atomic E-state index is 12.2.